The number of carbonyl (C=O) groups excluding carboxylic acids is 1. The Morgan fingerprint density at radius 2 is 1.83 bits per heavy atom. The van der Waals surface area contributed by atoms with Gasteiger partial charge in [0.05, 0.1) is 16.0 Å². The van der Waals surface area contributed by atoms with Crippen LogP contribution in [0.1, 0.15) is 10.4 Å². The Kier molecular flexibility index (Phi) is 3.65. The Morgan fingerprint density at radius 3 is 2.52 bits per heavy atom. The highest BCUT2D eigenvalue weighted by Crippen LogP contribution is 2.30. The number of carbonyl (C=O) groups is 1. The van der Waals surface area contributed by atoms with Crippen LogP contribution in [0.3, 0.4) is 0 Å². The van der Waals surface area contributed by atoms with Gasteiger partial charge in [-0.05, 0) is 18.2 Å². The molecule has 3 aromatic rings. The van der Waals surface area contributed by atoms with Crippen LogP contribution in [-0.2, 0) is 9.84 Å². The lowest BCUT2D eigenvalue weighted by molar-refractivity contribution is 0.0964. The zero-order valence-corrected chi connectivity index (χ0v) is 12.9. The first-order valence-corrected chi connectivity index (χ1v) is 8.27. The third-order valence-electron chi connectivity index (χ3n) is 3.56. The number of rotatable bonds is 3. The molecule has 3 rings (SSSR count). The molecular weight excluding hydrogens is 319 g/mol. The number of aromatic nitrogens is 1. The molecule has 5 nitrogen and oxygen atoms in total. The molecule has 0 unspecified atom stereocenters. The maximum atomic E-state index is 13.9. The zero-order chi connectivity index (χ0) is 16.6. The predicted octanol–water partition coefficient (Wildman–Crippen LogP) is 2.50. The molecule has 0 saturated heterocycles. The van der Waals surface area contributed by atoms with Gasteiger partial charge in [-0.1, -0.05) is 24.3 Å². The highest BCUT2D eigenvalue weighted by Gasteiger charge is 2.25. The molecule has 0 atom stereocenters. The van der Waals surface area contributed by atoms with Crippen LogP contribution in [0, 0.1) is 5.82 Å². The number of aromatic amines is 1. The maximum Gasteiger partial charge on any atom is 0.253 e. The summed E-state index contributed by atoms with van der Waals surface area (Å²) in [6.45, 7) is 0. The van der Waals surface area contributed by atoms with E-state index in [1.54, 1.807) is 18.2 Å². The molecule has 2 aromatic carbocycles. The number of amides is 1. The van der Waals surface area contributed by atoms with Gasteiger partial charge in [-0.15, -0.1) is 0 Å². The van der Waals surface area contributed by atoms with Crippen LogP contribution in [0.15, 0.2) is 58.5 Å². The van der Waals surface area contributed by atoms with Crippen molar-refractivity contribution in [3.05, 3.63) is 60.0 Å². The Balaban J connectivity index is 2.26. The monoisotopic (exact) mass is 332 g/mol. The molecule has 0 aliphatic heterocycles. The third kappa shape index (κ3) is 2.39. The van der Waals surface area contributed by atoms with E-state index in [0.29, 0.717) is 16.5 Å². The van der Waals surface area contributed by atoms with Crippen molar-refractivity contribution >= 4 is 26.6 Å². The van der Waals surface area contributed by atoms with Gasteiger partial charge < -0.3 is 10.3 Å². The fraction of sp³-hybridized carbons (Fsp3) is 0.0625. The molecule has 0 saturated carbocycles. The molecule has 0 bridgehead atoms. The van der Waals surface area contributed by atoms with Gasteiger partial charge in [0.1, 0.15) is 10.7 Å². The zero-order valence-electron chi connectivity index (χ0n) is 12.1. The van der Waals surface area contributed by atoms with Crippen molar-refractivity contribution in [3.8, 4) is 0 Å². The standard InChI is InChI=1S/C16H13FN2O3S/c1-18-16(20)11-6-4-5-10-14(9-19-15(10)11)23(21,22)13-8-3-2-7-12(13)17/h2-9,19H,1H3,(H,18,20). The first-order chi connectivity index (χ1) is 11.0. The summed E-state index contributed by atoms with van der Waals surface area (Å²) in [5, 5.41) is 2.84. The van der Waals surface area contributed by atoms with E-state index in [9.17, 15) is 17.6 Å². The minimum atomic E-state index is -4.04. The fourth-order valence-corrected chi connectivity index (χ4v) is 3.95. The van der Waals surface area contributed by atoms with Crippen LogP contribution in [0.2, 0.25) is 0 Å². The first kappa shape index (κ1) is 15.2. The number of hydrogen-bond donors (Lipinski definition) is 2. The number of H-pyrrole nitrogens is 1. The van der Waals surface area contributed by atoms with Crippen molar-refractivity contribution in [3.63, 3.8) is 0 Å². The second-order valence-corrected chi connectivity index (χ2v) is 6.78. The number of benzene rings is 2. The van der Waals surface area contributed by atoms with E-state index < -0.39 is 20.5 Å². The topological polar surface area (TPSA) is 79.0 Å². The van der Waals surface area contributed by atoms with Gasteiger partial charge in [0.2, 0.25) is 9.84 Å². The van der Waals surface area contributed by atoms with Crippen LogP contribution >= 0.6 is 0 Å². The molecule has 0 radical (unpaired) electrons. The minimum absolute atomic E-state index is 0.0663. The van der Waals surface area contributed by atoms with Gasteiger partial charge in [0.25, 0.3) is 5.91 Å². The van der Waals surface area contributed by atoms with Crippen LogP contribution < -0.4 is 5.32 Å². The summed E-state index contributed by atoms with van der Waals surface area (Å²) in [6.07, 6.45) is 1.28. The van der Waals surface area contributed by atoms with Gasteiger partial charge in [0, 0.05) is 18.6 Å². The largest absolute Gasteiger partial charge is 0.359 e. The number of sulfone groups is 1. The smallest absolute Gasteiger partial charge is 0.253 e. The van der Waals surface area contributed by atoms with Crippen molar-refractivity contribution in [2.75, 3.05) is 7.05 Å². The molecule has 1 heterocycles. The van der Waals surface area contributed by atoms with Crippen molar-refractivity contribution in [1.82, 2.24) is 10.3 Å². The minimum Gasteiger partial charge on any atom is -0.359 e. The third-order valence-corrected chi connectivity index (χ3v) is 5.39. The van der Waals surface area contributed by atoms with Gasteiger partial charge in [0.15, 0.2) is 0 Å². The molecule has 1 aromatic heterocycles. The molecule has 118 valence electrons. The number of halogens is 1. The number of para-hydroxylation sites is 1. The summed E-state index contributed by atoms with van der Waals surface area (Å²) in [5.41, 5.74) is 0.710. The summed E-state index contributed by atoms with van der Waals surface area (Å²) in [4.78, 5) is 14.2. The van der Waals surface area contributed by atoms with E-state index in [2.05, 4.69) is 10.3 Å². The molecule has 0 aliphatic carbocycles. The number of hydrogen-bond acceptors (Lipinski definition) is 3. The summed E-state index contributed by atoms with van der Waals surface area (Å²) in [6, 6.07) is 9.93. The maximum absolute atomic E-state index is 13.9. The molecule has 0 aliphatic rings. The Bertz CT molecular complexity index is 1010. The molecule has 2 N–H and O–H groups in total. The van der Waals surface area contributed by atoms with E-state index in [4.69, 9.17) is 0 Å². The predicted molar refractivity (Wildman–Crippen MR) is 83.5 cm³/mol. The fourth-order valence-electron chi connectivity index (χ4n) is 2.46. The van der Waals surface area contributed by atoms with E-state index in [0.717, 1.165) is 6.07 Å². The van der Waals surface area contributed by atoms with E-state index >= 15 is 0 Å². The molecule has 0 spiro atoms. The molecule has 23 heavy (non-hydrogen) atoms. The van der Waals surface area contributed by atoms with E-state index in [1.165, 1.54) is 31.4 Å². The van der Waals surface area contributed by atoms with Gasteiger partial charge in [-0.3, -0.25) is 4.79 Å². The average Bonchev–Trinajstić information content (AvgIpc) is 2.99. The van der Waals surface area contributed by atoms with E-state index in [-0.39, 0.29) is 10.8 Å². The lowest BCUT2D eigenvalue weighted by atomic mass is 10.1. The molecule has 1 amide bonds. The second-order valence-electron chi connectivity index (χ2n) is 4.89. The van der Waals surface area contributed by atoms with Crippen molar-refractivity contribution in [1.29, 1.82) is 0 Å². The van der Waals surface area contributed by atoms with Crippen LogP contribution in [0.4, 0.5) is 4.39 Å². The second kappa shape index (κ2) is 5.51. The highest BCUT2D eigenvalue weighted by molar-refractivity contribution is 7.91. The number of fused-ring (bicyclic) bond motifs is 1. The van der Waals surface area contributed by atoms with Crippen LogP contribution in [0.5, 0.6) is 0 Å². The molecule has 0 fully saturated rings. The summed E-state index contributed by atoms with van der Waals surface area (Å²) in [7, 11) is -2.55. The lowest BCUT2D eigenvalue weighted by Crippen LogP contribution is -2.18. The van der Waals surface area contributed by atoms with Crippen LogP contribution in [-0.4, -0.2) is 26.4 Å². The van der Waals surface area contributed by atoms with E-state index in [1.807, 2.05) is 0 Å². The molecular formula is C16H13FN2O3S. The quantitative estimate of drug-likeness (QED) is 0.773. The summed E-state index contributed by atoms with van der Waals surface area (Å²) in [5.74, 6) is -1.16. The van der Waals surface area contributed by atoms with Crippen LogP contribution in [0.25, 0.3) is 10.9 Å². The Labute approximate surface area is 132 Å². The van der Waals surface area contributed by atoms with Crippen molar-refractivity contribution in [2.45, 2.75) is 9.79 Å². The van der Waals surface area contributed by atoms with Gasteiger partial charge >= 0.3 is 0 Å². The Hall–Kier alpha value is -2.67. The number of nitrogens with one attached hydrogen (secondary N) is 2. The summed E-state index contributed by atoms with van der Waals surface area (Å²) >= 11 is 0. The Morgan fingerprint density at radius 1 is 1.09 bits per heavy atom. The van der Waals surface area contributed by atoms with Crippen molar-refractivity contribution in [2.24, 2.45) is 0 Å². The normalized spacial score (nSPS) is 11.6. The molecule has 7 heteroatoms. The SMILES string of the molecule is CNC(=O)c1cccc2c(S(=O)(=O)c3ccccc3F)c[nH]c12. The van der Waals surface area contributed by atoms with Gasteiger partial charge in [-0.25, -0.2) is 12.8 Å². The van der Waals surface area contributed by atoms with Gasteiger partial charge in [-0.2, -0.15) is 0 Å². The highest BCUT2D eigenvalue weighted by atomic mass is 32.2. The first-order valence-electron chi connectivity index (χ1n) is 6.78. The lowest BCUT2D eigenvalue weighted by Gasteiger charge is -2.05. The summed E-state index contributed by atoms with van der Waals surface area (Å²) < 4.78 is 39.3. The average molecular weight is 332 g/mol. The van der Waals surface area contributed by atoms with Crippen molar-refractivity contribution < 1.29 is 17.6 Å².